The molecule has 2 unspecified atom stereocenters. The van der Waals surface area contributed by atoms with Gasteiger partial charge in [-0.3, -0.25) is 0 Å². The van der Waals surface area contributed by atoms with Crippen LogP contribution in [0.5, 0.6) is 0 Å². The van der Waals surface area contributed by atoms with Gasteiger partial charge in [-0.15, -0.1) is 22.7 Å². The van der Waals surface area contributed by atoms with Crippen LogP contribution in [0, 0.1) is 0 Å². The molecular formula is C17H16N4O2S3. The molecule has 0 saturated heterocycles. The van der Waals surface area contributed by atoms with Crippen molar-refractivity contribution in [2.24, 2.45) is 5.16 Å². The van der Waals surface area contributed by atoms with Crippen LogP contribution in [0.2, 0.25) is 0 Å². The number of para-hydroxylation sites is 1. The van der Waals surface area contributed by atoms with E-state index in [9.17, 15) is 5.11 Å². The number of aliphatic hydroxyl groups excluding tert-OH is 1. The fraction of sp³-hybridized carbons (Fsp3) is 0.294. The van der Waals surface area contributed by atoms with Crippen LogP contribution in [0.1, 0.15) is 35.9 Å². The third-order valence-electron chi connectivity index (χ3n) is 4.33. The Morgan fingerprint density at radius 2 is 2.15 bits per heavy atom. The molecule has 2 aromatic heterocycles. The van der Waals surface area contributed by atoms with Crippen LogP contribution in [-0.4, -0.2) is 31.9 Å². The zero-order chi connectivity index (χ0) is 18.1. The van der Waals surface area contributed by atoms with E-state index in [1.807, 2.05) is 18.2 Å². The zero-order valence-electron chi connectivity index (χ0n) is 13.7. The van der Waals surface area contributed by atoms with Crippen LogP contribution in [0.15, 0.2) is 34.8 Å². The summed E-state index contributed by atoms with van der Waals surface area (Å²) in [7, 11) is 0. The second kappa shape index (κ2) is 7.26. The van der Waals surface area contributed by atoms with Crippen molar-refractivity contribution < 1.29 is 9.94 Å². The zero-order valence-corrected chi connectivity index (χ0v) is 16.1. The number of nitrogen functional groups attached to an aromatic ring is 1. The normalized spacial score (nSPS) is 20.5. The third kappa shape index (κ3) is 3.42. The number of aromatic nitrogens is 2. The molecule has 0 bridgehead atoms. The summed E-state index contributed by atoms with van der Waals surface area (Å²) in [4.78, 5) is 14.7. The first kappa shape index (κ1) is 17.3. The number of rotatable bonds is 5. The quantitative estimate of drug-likeness (QED) is 0.375. The van der Waals surface area contributed by atoms with E-state index in [0.717, 1.165) is 29.8 Å². The maximum Gasteiger partial charge on any atom is 0.213 e. The molecule has 4 rings (SSSR count). The second-order valence-corrected chi connectivity index (χ2v) is 8.36. The SMILES string of the molecule is Nc1nc(C(=NOC2CCCC2c2nc3ccccc3s2)C(O)=S)cs1. The molecule has 1 aromatic carbocycles. The summed E-state index contributed by atoms with van der Waals surface area (Å²) < 4.78 is 1.17. The van der Waals surface area contributed by atoms with Crippen molar-refractivity contribution in [1.82, 2.24) is 9.97 Å². The number of thiazole rings is 2. The molecule has 1 aliphatic carbocycles. The first-order valence-corrected chi connectivity index (χ1v) is 10.3. The van der Waals surface area contributed by atoms with Gasteiger partial charge >= 0.3 is 0 Å². The van der Waals surface area contributed by atoms with Crippen molar-refractivity contribution in [3.05, 3.63) is 40.3 Å². The fourth-order valence-electron chi connectivity index (χ4n) is 3.10. The van der Waals surface area contributed by atoms with E-state index in [4.69, 9.17) is 27.8 Å². The van der Waals surface area contributed by atoms with Gasteiger partial charge in [0.2, 0.25) is 5.05 Å². The minimum atomic E-state index is -0.357. The molecule has 0 spiro atoms. The summed E-state index contributed by atoms with van der Waals surface area (Å²) in [6.45, 7) is 0. The van der Waals surface area contributed by atoms with Crippen molar-refractivity contribution in [3.8, 4) is 0 Å². The molecule has 134 valence electrons. The lowest BCUT2D eigenvalue weighted by Gasteiger charge is -2.15. The van der Waals surface area contributed by atoms with Gasteiger partial charge in [-0.25, -0.2) is 9.97 Å². The Morgan fingerprint density at radius 1 is 1.31 bits per heavy atom. The highest BCUT2D eigenvalue weighted by Gasteiger charge is 2.33. The maximum atomic E-state index is 9.76. The van der Waals surface area contributed by atoms with E-state index in [1.54, 1.807) is 16.7 Å². The lowest BCUT2D eigenvalue weighted by molar-refractivity contribution is 0.0525. The number of fused-ring (bicyclic) bond motifs is 1. The summed E-state index contributed by atoms with van der Waals surface area (Å²) >= 11 is 7.83. The molecule has 9 heteroatoms. The van der Waals surface area contributed by atoms with Crippen LogP contribution >= 0.6 is 34.9 Å². The number of nitrogens with two attached hydrogens (primary N) is 1. The Morgan fingerprint density at radius 3 is 2.88 bits per heavy atom. The average Bonchev–Trinajstić information content (AvgIpc) is 3.33. The highest BCUT2D eigenvalue weighted by atomic mass is 32.1. The molecule has 2 atom stereocenters. The van der Waals surface area contributed by atoms with Crippen LogP contribution in [0.3, 0.4) is 0 Å². The number of oxime groups is 1. The van der Waals surface area contributed by atoms with E-state index in [0.29, 0.717) is 10.8 Å². The number of anilines is 1. The summed E-state index contributed by atoms with van der Waals surface area (Å²) in [5.74, 6) is 0.185. The smallest absolute Gasteiger partial charge is 0.213 e. The highest BCUT2D eigenvalue weighted by Crippen LogP contribution is 2.40. The number of thiocarbonyl (C=S) groups is 1. The molecule has 3 aromatic rings. The topological polar surface area (TPSA) is 93.6 Å². The predicted octanol–water partition coefficient (Wildman–Crippen LogP) is 4.28. The Kier molecular flexibility index (Phi) is 4.84. The average molecular weight is 405 g/mol. The third-order valence-corrected chi connectivity index (χ3v) is 6.36. The minimum Gasteiger partial charge on any atom is -0.497 e. The van der Waals surface area contributed by atoms with Gasteiger partial charge in [0.15, 0.2) is 10.8 Å². The largest absolute Gasteiger partial charge is 0.497 e. The van der Waals surface area contributed by atoms with E-state index in [1.165, 1.54) is 16.0 Å². The monoisotopic (exact) mass is 404 g/mol. The Bertz CT molecular complexity index is 948. The van der Waals surface area contributed by atoms with E-state index in [2.05, 4.69) is 16.2 Å². The highest BCUT2D eigenvalue weighted by molar-refractivity contribution is 7.81. The maximum absolute atomic E-state index is 9.76. The predicted molar refractivity (Wildman–Crippen MR) is 109 cm³/mol. The van der Waals surface area contributed by atoms with Crippen LogP contribution < -0.4 is 5.73 Å². The van der Waals surface area contributed by atoms with Crippen LogP contribution in [-0.2, 0) is 4.84 Å². The summed E-state index contributed by atoms with van der Waals surface area (Å²) in [6, 6.07) is 8.11. The molecule has 0 amide bonds. The van der Waals surface area contributed by atoms with E-state index in [-0.39, 0.29) is 22.8 Å². The number of hydrogen-bond acceptors (Lipinski definition) is 8. The standard InChI is InChI=1S/C17H16N4O2S3/c18-17-20-11(8-25-17)14(16(22)24)21-23-12-6-3-4-9(12)15-19-10-5-1-2-7-13(10)26-15/h1-2,5,7-9,12H,3-4,6H2,(H2,18,20)(H,22,24). The summed E-state index contributed by atoms with van der Waals surface area (Å²) in [5, 5.41) is 16.7. The molecule has 1 fully saturated rings. The molecule has 0 aliphatic heterocycles. The van der Waals surface area contributed by atoms with Crippen molar-refractivity contribution in [1.29, 1.82) is 0 Å². The fourth-order valence-corrected chi connectivity index (χ4v) is 4.94. The molecule has 6 nitrogen and oxygen atoms in total. The Labute approximate surface area is 163 Å². The van der Waals surface area contributed by atoms with Crippen molar-refractivity contribution in [2.45, 2.75) is 31.3 Å². The van der Waals surface area contributed by atoms with Gasteiger partial charge in [0.05, 0.1) is 16.1 Å². The minimum absolute atomic E-state index is 0.101. The number of hydrogen-bond donors (Lipinski definition) is 2. The first-order chi connectivity index (χ1) is 12.6. The van der Waals surface area contributed by atoms with Gasteiger partial charge in [-0.2, -0.15) is 0 Å². The Hall–Kier alpha value is -2.10. The summed E-state index contributed by atoms with van der Waals surface area (Å²) in [5.41, 5.74) is 7.23. The summed E-state index contributed by atoms with van der Waals surface area (Å²) in [6.07, 6.45) is 2.83. The van der Waals surface area contributed by atoms with E-state index < -0.39 is 0 Å². The number of aliphatic hydroxyl groups is 1. The lowest BCUT2D eigenvalue weighted by Crippen LogP contribution is -2.18. The Balaban J connectivity index is 1.57. The van der Waals surface area contributed by atoms with Crippen molar-refractivity contribution in [3.63, 3.8) is 0 Å². The van der Waals surface area contributed by atoms with Crippen molar-refractivity contribution >= 4 is 61.0 Å². The number of nitrogens with zero attached hydrogens (tertiary/aromatic N) is 3. The second-order valence-electron chi connectivity index (χ2n) is 6.02. The van der Waals surface area contributed by atoms with Gasteiger partial charge < -0.3 is 15.7 Å². The molecule has 2 heterocycles. The van der Waals surface area contributed by atoms with Crippen LogP contribution in [0.4, 0.5) is 5.13 Å². The van der Waals surface area contributed by atoms with Gasteiger partial charge in [-0.05, 0) is 43.6 Å². The molecule has 1 saturated carbocycles. The number of benzene rings is 1. The van der Waals surface area contributed by atoms with Gasteiger partial charge in [0.25, 0.3) is 0 Å². The van der Waals surface area contributed by atoms with Crippen molar-refractivity contribution in [2.75, 3.05) is 5.73 Å². The van der Waals surface area contributed by atoms with Gasteiger partial charge in [0.1, 0.15) is 16.8 Å². The lowest BCUT2D eigenvalue weighted by atomic mass is 10.1. The molecule has 1 aliphatic rings. The molecular weight excluding hydrogens is 388 g/mol. The van der Waals surface area contributed by atoms with Gasteiger partial charge in [-0.1, -0.05) is 17.3 Å². The molecule has 0 radical (unpaired) electrons. The van der Waals surface area contributed by atoms with E-state index >= 15 is 0 Å². The van der Waals surface area contributed by atoms with Crippen LogP contribution in [0.25, 0.3) is 10.2 Å². The molecule has 3 N–H and O–H groups in total. The molecule has 26 heavy (non-hydrogen) atoms. The van der Waals surface area contributed by atoms with Gasteiger partial charge in [0, 0.05) is 5.38 Å². The first-order valence-electron chi connectivity index (χ1n) is 8.16.